The van der Waals surface area contributed by atoms with Crippen molar-refractivity contribution in [1.29, 1.82) is 0 Å². The van der Waals surface area contributed by atoms with Gasteiger partial charge in [0.15, 0.2) is 11.5 Å². The van der Waals surface area contributed by atoms with Gasteiger partial charge in [-0.25, -0.2) is 5.84 Å². The molecular weight excluding hydrogens is 224 g/mol. The Hall–Kier alpha value is -2.48. The maximum Gasteiger partial charge on any atom is 0.272 e. The fraction of sp³-hybridized carbons (Fsp3) is 0.111. The van der Waals surface area contributed by atoms with Gasteiger partial charge in [-0.05, 0) is 12.1 Å². The van der Waals surface area contributed by atoms with E-state index in [-0.39, 0.29) is 18.1 Å². The molecule has 0 unspecified atom stereocenters. The van der Waals surface area contributed by atoms with Gasteiger partial charge >= 0.3 is 0 Å². The van der Waals surface area contributed by atoms with Gasteiger partial charge < -0.3 is 15.3 Å². The standard InChI is InChI=1S/C9H10N6O2/c10-12-8-2-1-7(13-14-8)9(16)11-5-6-3-4-17-15-6/h1-4H,5,10H2,(H,11,16)(H,12,14). The summed E-state index contributed by atoms with van der Waals surface area (Å²) in [4.78, 5) is 11.6. The number of carbonyl (C=O) groups is 1. The molecule has 0 spiro atoms. The average molecular weight is 234 g/mol. The molecule has 0 saturated carbocycles. The van der Waals surface area contributed by atoms with Crippen molar-refractivity contribution in [3.05, 3.63) is 35.9 Å². The molecule has 88 valence electrons. The summed E-state index contributed by atoms with van der Waals surface area (Å²) in [6.45, 7) is 0.272. The molecule has 1 amide bonds. The van der Waals surface area contributed by atoms with Gasteiger partial charge in [-0.1, -0.05) is 5.16 Å². The van der Waals surface area contributed by atoms with Gasteiger partial charge in [0.05, 0.1) is 6.54 Å². The zero-order chi connectivity index (χ0) is 12.1. The van der Waals surface area contributed by atoms with Crippen molar-refractivity contribution in [3.63, 3.8) is 0 Å². The lowest BCUT2D eigenvalue weighted by atomic mass is 10.3. The van der Waals surface area contributed by atoms with Crippen LogP contribution in [-0.4, -0.2) is 21.3 Å². The number of amides is 1. The second-order valence-corrected chi connectivity index (χ2v) is 3.12. The zero-order valence-corrected chi connectivity index (χ0v) is 8.75. The molecule has 8 nitrogen and oxygen atoms in total. The molecule has 2 rings (SSSR count). The Morgan fingerprint density at radius 3 is 2.82 bits per heavy atom. The van der Waals surface area contributed by atoms with Crippen LogP contribution in [0.5, 0.6) is 0 Å². The van der Waals surface area contributed by atoms with Crippen molar-refractivity contribution in [2.24, 2.45) is 5.84 Å². The minimum absolute atomic E-state index is 0.201. The zero-order valence-electron chi connectivity index (χ0n) is 8.75. The van der Waals surface area contributed by atoms with Gasteiger partial charge in [0.2, 0.25) is 0 Å². The molecule has 0 aliphatic heterocycles. The first-order chi connectivity index (χ1) is 8.29. The quantitative estimate of drug-likeness (QED) is 0.490. The summed E-state index contributed by atoms with van der Waals surface area (Å²) < 4.78 is 4.63. The van der Waals surface area contributed by atoms with E-state index in [0.717, 1.165) is 0 Å². The number of hydrogen-bond donors (Lipinski definition) is 3. The van der Waals surface area contributed by atoms with E-state index in [0.29, 0.717) is 11.5 Å². The first-order valence-corrected chi connectivity index (χ1v) is 4.77. The minimum Gasteiger partial charge on any atom is -0.364 e. The summed E-state index contributed by atoms with van der Waals surface area (Å²) >= 11 is 0. The van der Waals surface area contributed by atoms with Crippen molar-refractivity contribution in [2.75, 3.05) is 5.43 Å². The minimum atomic E-state index is -0.343. The first-order valence-electron chi connectivity index (χ1n) is 4.77. The number of nitrogens with two attached hydrogens (primary N) is 1. The predicted octanol–water partition coefficient (Wildman–Crippen LogP) is -0.320. The highest BCUT2D eigenvalue weighted by Gasteiger charge is 2.08. The number of rotatable bonds is 4. The number of nitrogen functional groups attached to an aromatic ring is 1. The van der Waals surface area contributed by atoms with E-state index in [4.69, 9.17) is 5.84 Å². The molecule has 4 N–H and O–H groups in total. The normalized spacial score (nSPS) is 9.94. The Labute approximate surface area is 96.2 Å². The van der Waals surface area contributed by atoms with Crippen LogP contribution in [0, 0.1) is 0 Å². The van der Waals surface area contributed by atoms with Gasteiger partial charge in [0, 0.05) is 6.07 Å². The molecule has 0 aliphatic rings. The molecule has 0 fully saturated rings. The van der Waals surface area contributed by atoms with Crippen LogP contribution in [-0.2, 0) is 6.54 Å². The maximum absolute atomic E-state index is 11.6. The Balaban J connectivity index is 1.95. The lowest BCUT2D eigenvalue weighted by molar-refractivity contribution is 0.0944. The summed E-state index contributed by atoms with van der Waals surface area (Å²) in [7, 11) is 0. The van der Waals surface area contributed by atoms with Crippen molar-refractivity contribution in [2.45, 2.75) is 6.54 Å². The van der Waals surface area contributed by atoms with Crippen LogP contribution >= 0.6 is 0 Å². The largest absolute Gasteiger partial charge is 0.364 e. The fourth-order valence-electron chi connectivity index (χ4n) is 1.12. The Kier molecular flexibility index (Phi) is 3.26. The monoisotopic (exact) mass is 234 g/mol. The number of nitrogens with zero attached hydrogens (tertiary/aromatic N) is 3. The molecule has 0 bridgehead atoms. The van der Waals surface area contributed by atoms with E-state index in [1.807, 2.05) is 0 Å². The fourth-order valence-corrected chi connectivity index (χ4v) is 1.12. The highest BCUT2D eigenvalue weighted by Crippen LogP contribution is 2.00. The Morgan fingerprint density at radius 1 is 1.35 bits per heavy atom. The third kappa shape index (κ3) is 2.75. The average Bonchev–Trinajstić information content (AvgIpc) is 2.89. The van der Waals surface area contributed by atoms with Crippen molar-refractivity contribution in [3.8, 4) is 0 Å². The second kappa shape index (κ2) is 5.03. The molecule has 17 heavy (non-hydrogen) atoms. The molecule has 0 aromatic carbocycles. The number of aromatic nitrogens is 3. The highest BCUT2D eigenvalue weighted by molar-refractivity contribution is 5.92. The third-order valence-corrected chi connectivity index (χ3v) is 1.97. The van der Waals surface area contributed by atoms with E-state index < -0.39 is 0 Å². The molecular formula is C9H10N6O2. The van der Waals surface area contributed by atoms with E-state index in [9.17, 15) is 4.79 Å². The van der Waals surface area contributed by atoms with Crippen LogP contribution in [0.3, 0.4) is 0 Å². The van der Waals surface area contributed by atoms with Crippen LogP contribution < -0.4 is 16.6 Å². The second-order valence-electron chi connectivity index (χ2n) is 3.12. The molecule has 0 atom stereocenters. The third-order valence-electron chi connectivity index (χ3n) is 1.97. The molecule has 0 saturated heterocycles. The molecule has 2 aromatic rings. The Morgan fingerprint density at radius 2 is 2.24 bits per heavy atom. The van der Waals surface area contributed by atoms with Gasteiger partial charge in [0.1, 0.15) is 12.0 Å². The topological polar surface area (TPSA) is 119 Å². The number of carbonyl (C=O) groups excluding carboxylic acids is 1. The van der Waals surface area contributed by atoms with Crippen molar-refractivity contribution >= 4 is 11.7 Å². The molecule has 0 radical (unpaired) electrons. The number of hydrazine groups is 1. The predicted molar refractivity (Wildman–Crippen MR) is 57.5 cm³/mol. The van der Waals surface area contributed by atoms with Crippen molar-refractivity contribution in [1.82, 2.24) is 20.7 Å². The summed E-state index contributed by atoms with van der Waals surface area (Å²) in [6.07, 6.45) is 1.43. The van der Waals surface area contributed by atoms with Crippen LogP contribution in [0.2, 0.25) is 0 Å². The maximum atomic E-state index is 11.6. The smallest absolute Gasteiger partial charge is 0.272 e. The molecule has 0 aliphatic carbocycles. The first kappa shape index (κ1) is 11.0. The van der Waals surface area contributed by atoms with Crippen LogP contribution in [0.4, 0.5) is 5.82 Å². The lowest BCUT2D eigenvalue weighted by Crippen LogP contribution is -2.24. The van der Waals surface area contributed by atoms with Gasteiger partial charge in [-0.3, -0.25) is 4.79 Å². The van der Waals surface area contributed by atoms with Crippen LogP contribution in [0.25, 0.3) is 0 Å². The van der Waals surface area contributed by atoms with E-state index in [1.165, 1.54) is 12.3 Å². The van der Waals surface area contributed by atoms with Crippen molar-refractivity contribution < 1.29 is 9.32 Å². The van der Waals surface area contributed by atoms with Crippen LogP contribution in [0.1, 0.15) is 16.2 Å². The SMILES string of the molecule is NNc1ccc(C(=O)NCc2ccon2)nn1. The molecule has 2 aromatic heterocycles. The Bertz CT molecular complexity index is 481. The van der Waals surface area contributed by atoms with E-state index in [2.05, 4.69) is 30.6 Å². The van der Waals surface area contributed by atoms with Gasteiger partial charge in [-0.15, -0.1) is 10.2 Å². The van der Waals surface area contributed by atoms with E-state index >= 15 is 0 Å². The lowest BCUT2D eigenvalue weighted by Gasteiger charge is -2.02. The molecule has 2 heterocycles. The summed E-state index contributed by atoms with van der Waals surface area (Å²) in [5.41, 5.74) is 3.15. The number of anilines is 1. The summed E-state index contributed by atoms with van der Waals surface area (Å²) in [6, 6.07) is 4.73. The van der Waals surface area contributed by atoms with E-state index in [1.54, 1.807) is 12.1 Å². The summed E-state index contributed by atoms with van der Waals surface area (Å²) in [5.74, 6) is 5.17. The van der Waals surface area contributed by atoms with Gasteiger partial charge in [-0.2, -0.15) is 0 Å². The molecule has 8 heteroatoms. The summed E-state index contributed by atoms with van der Waals surface area (Å²) in [5, 5.41) is 13.7. The number of nitrogens with one attached hydrogen (secondary N) is 2. The van der Waals surface area contributed by atoms with Crippen LogP contribution in [0.15, 0.2) is 29.0 Å². The highest BCUT2D eigenvalue weighted by atomic mass is 16.5. The number of hydrogen-bond acceptors (Lipinski definition) is 7. The van der Waals surface area contributed by atoms with Gasteiger partial charge in [0.25, 0.3) is 5.91 Å².